The number of fused-ring (bicyclic) bond motifs is 1. The van der Waals surface area contributed by atoms with Crippen molar-refractivity contribution in [1.29, 1.82) is 0 Å². The molecule has 0 radical (unpaired) electrons. The van der Waals surface area contributed by atoms with Crippen molar-refractivity contribution < 1.29 is 9.53 Å². The van der Waals surface area contributed by atoms with Gasteiger partial charge in [-0.15, -0.1) is 0 Å². The number of hydrogen-bond acceptors (Lipinski definition) is 2. The zero-order valence-electron chi connectivity index (χ0n) is 15.4. The second kappa shape index (κ2) is 7.00. The van der Waals surface area contributed by atoms with Gasteiger partial charge in [-0.3, -0.25) is 4.79 Å². The van der Waals surface area contributed by atoms with Crippen molar-refractivity contribution in [3.63, 3.8) is 0 Å². The van der Waals surface area contributed by atoms with E-state index in [1.165, 1.54) is 22.3 Å². The Morgan fingerprint density at radius 1 is 1.07 bits per heavy atom. The summed E-state index contributed by atoms with van der Waals surface area (Å²) in [5, 5.41) is 0. The average molecular weight is 401 g/mol. The van der Waals surface area contributed by atoms with Crippen LogP contribution in [0, 0.1) is 17.3 Å². The van der Waals surface area contributed by atoms with E-state index in [-0.39, 0.29) is 33.8 Å². The van der Waals surface area contributed by atoms with E-state index >= 15 is 0 Å². The van der Waals surface area contributed by atoms with Gasteiger partial charge in [0.05, 0.1) is 5.92 Å². The highest BCUT2D eigenvalue weighted by Gasteiger charge is 2.62. The summed E-state index contributed by atoms with van der Waals surface area (Å²) in [6.07, 6.45) is 3.18. The van der Waals surface area contributed by atoms with E-state index in [0.717, 1.165) is 12.8 Å². The first-order chi connectivity index (χ1) is 12.9. The van der Waals surface area contributed by atoms with E-state index in [1.54, 1.807) is 6.08 Å². The van der Waals surface area contributed by atoms with Gasteiger partial charge in [-0.05, 0) is 39.7 Å². The lowest BCUT2D eigenvalue weighted by atomic mass is 9.97. The highest BCUT2D eigenvalue weighted by Crippen LogP contribution is 2.60. The smallest absolute Gasteiger partial charge is 0.310 e. The van der Waals surface area contributed by atoms with Crippen molar-refractivity contribution in [2.75, 3.05) is 0 Å². The third-order valence-corrected chi connectivity index (χ3v) is 6.24. The van der Waals surface area contributed by atoms with Crippen LogP contribution in [-0.2, 0) is 22.4 Å². The van der Waals surface area contributed by atoms with Crippen LogP contribution in [0.25, 0.3) is 11.1 Å². The Labute approximate surface area is 170 Å². The molecule has 27 heavy (non-hydrogen) atoms. The molecule has 2 aromatic carbocycles. The minimum absolute atomic E-state index is 0.0404. The molecule has 140 valence electrons. The summed E-state index contributed by atoms with van der Waals surface area (Å²) in [4.78, 5) is 12.7. The number of carbonyl (C=O) groups excluding carboxylic acids is 1. The lowest BCUT2D eigenvalue weighted by molar-refractivity contribution is -0.151. The molecule has 0 aromatic heterocycles. The molecule has 0 heterocycles. The lowest BCUT2D eigenvalue weighted by Gasteiger charge is -2.12. The number of halogens is 2. The summed E-state index contributed by atoms with van der Waals surface area (Å²) in [6, 6.07) is 16.7. The maximum absolute atomic E-state index is 12.7. The van der Waals surface area contributed by atoms with E-state index in [0.29, 0.717) is 0 Å². The monoisotopic (exact) mass is 400 g/mol. The van der Waals surface area contributed by atoms with Crippen LogP contribution in [0.3, 0.4) is 0 Å². The number of allylic oxidation sites excluding steroid dienone is 1. The Morgan fingerprint density at radius 3 is 2.52 bits per heavy atom. The second-order valence-corrected chi connectivity index (χ2v) is 9.07. The molecule has 0 N–H and O–H groups in total. The van der Waals surface area contributed by atoms with E-state index in [4.69, 9.17) is 27.9 Å². The molecule has 0 bridgehead atoms. The van der Waals surface area contributed by atoms with Gasteiger partial charge >= 0.3 is 5.97 Å². The molecule has 1 unspecified atom stereocenters. The van der Waals surface area contributed by atoms with Gasteiger partial charge in [-0.2, -0.15) is 0 Å². The number of ether oxygens (including phenoxy) is 1. The maximum Gasteiger partial charge on any atom is 0.310 e. The molecular formula is C23H22Cl2O2. The summed E-state index contributed by atoms with van der Waals surface area (Å²) in [5.41, 5.74) is 4.83. The van der Waals surface area contributed by atoms with Gasteiger partial charge in [-0.1, -0.05) is 85.6 Å². The van der Waals surface area contributed by atoms with E-state index < -0.39 is 0 Å². The van der Waals surface area contributed by atoms with Crippen LogP contribution < -0.4 is 0 Å². The van der Waals surface area contributed by atoms with Gasteiger partial charge in [0.25, 0.3) is 0 Å². The predicted octanol–water partition coefficient (Wildman–Crippen LogP) is 5.96. The third kappa shape index (κ3) is 3.53. The SMILES string of the molecule is CC1(C)[C@@H](C=C(Cl)Cl)[C@@H]1C(=O)OC1Cc2cccc(-c3ccccc3)c2C1. The molecule has 2 aliphatic rings. The largest absolute Gasteiger partial charge is 0.461 e. The van der Waals surface area contributed by atoms with Gasteiger partial charge in [-0.25, -0.2) is 0 Å². The molecule has 4 heteroatoms. The average Bonchev–Trinajstić information content (AvgIpc) is 2.97. The van der Waals surface area contributed by atoms with E-state index in [1.807, 2.05) is 32.0 Å². The molecule has 0 spiro atoms. The van der Waals surface area contributed by atoms with Crippen LogP contribution in [0.2, 0.25) is 0 Å². The van der Waals surface area contributed by atoms with Crippen LogP contribution in [0.1, 0.15) is 25.0 Å². The first-order valence-electron chi connectivity index (χ1n) is 9.27. The van der Waals surface area contributed by atoms with Gasteiger partial charge in [0.2, 0.25) is 0 Å². The van der Waals surface area contributed by atoms with Gasteiger partial charge in [0, 0.05) is 12.8 Å². The topological polar surface area (TPSA) is 26.3 Å². The molecule has 2 aliphatic carbocycles. The number of benzene rings is 2. The third-order valence-electron chi connectivity index (χ3n) is 5.99. The van der Waals surface area contributed by atoms with Crippen LogP contribution in [0.15, 0.2) is 59.1 Å². The number of carbonyl (C=O) groups is 1. The van der Waals surface area contributed by atoms with Crippen LogP contribution in [0.5, 0.6) is 0 Å². The zero-order valence-corrected chi connectivity index (χ0v) is 16.9. The predicted molar refractivity (Wildman–Crippen MR) is 110 cm³/mol. The molecule has 0 aliphatic heterocycles. The molecule has 2 aromatic rings. The quantitative estimate of drug-likeness (QED) is 0.592. The van der Waals surface area contributed by atoms with E-state index in [9.17, 15) is 4.79 Å². The summed E-state index contributed by atoms with van der Waals surface area (Å²) in [7, 11) is 0. The maximum atomic E-state index is 12.7. The number of hydrogen-bond donors (Lipinski definition) is 0. The van der Waals surface area contributed by atoms with Crippen LogP contribution in [-0.4, -0.2) is 12.1 Å². The molecule has 0 amide bonds. The Balaban J connectivity index is 1.49. The minimum atomic E-state index is -0.178. The molecule has 2 nitrogen and oxygen atoms in total. The molecule has 3 atom stereocenters. The summed E-state index contributed by atoms with van der Waals surface area (Å²) < 4.78 is 6.11. The first-order valence-corrected chi connectivity index (χ1v) is 10.0. The van der Waals surface area contributed by atoms with Gasteiger partial charge in [0.1, 0.15) is 10.6 Å². The number of rotatable bonds is 4. The fourth-order valence-corrected chi connectivity index (χ4v) is 4.67. The highest BCUT2D eigenvalue weighted by atomic mass is 35.5. The normalized spacial score (nSPS) is 24.8. The molecule has 0 saturated heterocycles. The van der Waals surface area contributed by atoms with Crippen molar-refractivity contribution in [2.24, 2.45) is 17.3 Å². The summed E-state index contributed by atoms with van der Waals surface area (Å²) in [5.74, 6) is -0.282. The van der Waals surface area contributed by atoms with Crippen molar-refractivity contribution >= 4 is 29.2 Å². The highest BCUT2D eigenvalue weighted by molar-refractivity contribution is 6.55. The first kappa shape index (κ1) is 18.6. The zero-order chi connectivity index (χ0) is 19.2. The van der Waals surface area contributed by atoms with Crippen molar-refractivity contribution in [3.8, 4) is 11.1 Å². The fraction of sp³-hybridized carbons (Fsp3) is 0.348. The second-order valence-electron chi connectivity index (χ2n) is 8.06. The molecule has 1 saturated carbocycles. The van der Waals surface area contributed by atoms with Crippen molar-refractivity contribution in [3.05, 3.63) is 70.2 Å². The summed E-state index contributed by atoms with van der Waals surface area (Å²) >= 11 is 11.6. The van der Waals surface area contributed by atoms with Crippen LogP contribution in [0.4, 0.5) is 0 Å². The fourth-order valence-electron chi connectivity index (χ4n) is 4.40. The van der Waals surface area contributed by atoms with Gasteiger partial charge < -0.3 is 4.74 Å². The molecular weight excluding hydrogens is 379 g/mol. The number of esters is 1. The molecule has 4 rings (SSSR count). The Morgan fingerprint density at radius 2 is 1.81 bits per heavy atom. The Kier molecular flexibility index (Phi) is 4.82. The van der Waals surface area contributed by atoms with Crippen molar-refractivity contribution in [1.82, 2.24) is 0 Å². The standard InChI is InChI=1S/C23H22Cl2O2/c1-23(2)19(13-20(24)25)21(23)22(26)27-16-11-15-9-6-10-17(18(15)12-16)14-7-4-3-5-8-14/h3-10,13,16,19,21H,11-12H2,1-2H3/t16?,19-,21+/m0/s1. The van der Waals surface area contributed by atoms with Crippen molar-refractivity contribution in [2.45, 2.75) is 32.8 Å². The van der Waals surface area contributed by atoms with Gasteiger partial charge in [0.15, 0.2) is 0 Å². The minimum Gasteiger partial charge on any atom is -0.461 e. The lowest BCUT2D eigenvalue weighted by Crippen LogP contribution is -2.21. The summed E-state index contributed by atoms with van der Waals surface area (Å²) in [6.45, 7) is 4.10. The van der Waals surface area contributed by atoms with E-state index in [2.05, 4.69) is 30.3 Å². The molecule has 1 fully saturated rings. The van der Waals surface area contributed by atoms with Crippen LogP contribution >= 0.6 is 23.2 Å². The Hall–Kier alpha value is -1.77. The Bertz CT molecular complexity index is 898.